The fourth-order valence-corrected chi connectivity index (χ4v) is 0.794. The standard InChI is InChI=1S/C11H8.C2H6/c1-3-5-11-8-6-10(4-2)7-9-11;1-2/h2,6-9H,1H3;1-2H3. The lowest BCUT2D eigenvalue weighted by Crippen LogP contribution is -1.75. The van der Waals surface area contributed by atoms with Gasteiger partial charge >= 0.3 is 0 Å². The molecule has 1 aromatic rings. The first-order chi connectivity index (χ1) is 6.36. The highest BCUT2D eigenvalue weighted by Crippen LogP contribution is 2.00. The van der Waals surface area contributed by atoms with Crippen LogP contribution in [0.25, 0.3) is 0 Å². The summed E-state index contributed by atoms with van der Waals surface area (Å²) < 4.78 is 0. The zero-order valence-electron chi connectivity index (χ0n) is 8.39. The highest BCUT2D eigenvalue weighted by atomic mass is 13.9. The topological polar surface area (TPSA) is 0 Å². The molecule has 0 aromatic heterocycles. The Morgan fingerprint density at radius 3 is 1.85 bits per heavy atom. The van der Waals surface area contributed by atoms with Crippen LogP contribution in [0.15, 0.2) is 24.3 Å². The Bertz CT molecular complexity index is 325. The first-order valence-electron chi connectivity index (χ1n) is 4.36. The van der Waals surface area contributed by atoms with Gasteiger partial charge in [0.1, 0.15) is 0 Å². The molecule has 0 heteroatoms. The molecule has 0 N–H and O–H groups in total. The predicted octanol–water partition coefficient (Wildman–Crippen LogP) is 3.07. The normalized spacial score (nSPS) is 6.92. The van der Waals surface area contributed by atoms with Gasteiger partial charge in [-0.05, 0) is 31.2 Å². The van der Waals surface area contributed by atoms with Gasteiger partial charge in [-0.1, -0.05) is 25.7 Å². The molecule has 0 bridgehead atoms. The second kappa shape index (κ2) is 7.01. The molecule has 0 aliphatic heterocycles. The van der Waals surface area contributed by atoms with Crippen LogP contribution in [-0.2, 0) is 0 Å². The van der Waals surface area contributed by atoms with Crippen molar-refractivity contribution in [1.29, 1.82) is 0 Å². The third kappa shape index (κ3) is 4.04. The van der Waals surface area contributed by atoms with Gasteiger partial charge in [0.25, 0.3) is 0 Å². The summed E-state index contributed by atoms with van der Waals surface area (Å²) in [4.78, 5) is 0. The van der Waals surface area contributed by atoms with E-state index in [1.165, 1.54) is 0 Å². The number of rotatable bonds is 0. The van der Waals surface area contributed by atoms with E-state index in [1.807, 2.05) is 45.0 Å². The van der Waals surface area contributed by atoms with Crippen LogP contribution in [0, 0.1) is 24.2 Å². The minimum atomic E-state index is 0.895. The Morgan fingerprint density at radius 1 is 1.00 bits per heavy atom. The Kier molecular flexibility index (Phi) is 6.12. The maximum atomic E-state index is 5.19. The van der Waals surface area contributed by atoms with Gasteiger partial charge in [-0.15, -0.1) is 12.3 Å². The summed E-state index contributed by atoms with van der Waals surface area (Å²) in [5.74, 6) is 8.31. The average molecular weight is 170 g/mol. The summed E-state index contributed by atoms with van der Waals surface area (Å²) in [6.07, 6.45) is 5.19. The molecule has 0 aliphatic rings. The van der Waals surface area contributed by atoms with E-state index < -0.39 is 0 Å². The summed E-state index contributed by atoms with van der Waals surface area (Å²) in [6, 6.07) is 7.62. The maximum absolute atomic E-state index is 5.19. The molecular weight excluding hydrogens is 156 g/mol. The molecule has 0 saturated heterocycles. The molecular formula is C13H14. The maximum Gasteiger partial charge on any atom is 0.0245 e. The lowest BCUT2D eigenvalue weighted by molar-refractivity contribution is 1.50. The molecule has 0 amide bonds. The largest absolute Gasteiger partial charge is 0.115 e. The van der Waals surface area contributed by atoms with Crippen LogP contribution in [-0.4, -0.2) is 0 Å². The van der Waals surface area contributed by atoms with Crippen LogP contribution in [0.4, 0.5) is 0 Å². The summed E-state index contributed by atoms with van der Waals surface area (Å²) >= 11 is 0. The molecule has 66 valence electrons. The smallest absolute Gasteiger partial charge is 0.0245 e. The lowest BCUT2D eigenvalue weighted by atomic mass is 10.1. The van der Waals surface area contributed by atoms with Crippen LogP contribution >= 0.6 is 0 Å². The Hall–Kier alpha value is -1.66. The average Bonchev–Trinajstić information content (AvgIpc) is 2.23. The zero-order valence-corrected chi connectivity index (χ0v) is 8.39. The van der Waals surface area contributed by atoms with Crippen LogP contribution < -0.4 is 0 Å². The van der Waals surface area contributed by atoms with Crippen molar-refractivity contribution in [3.05, 3.63) is 35.4 Å². The van der Waals surface area contributed by atoms with E-state index in [0.29, 0.717) is 0 Å². The SMILES string of the molecule is C#Cc1ccc(C#CC)cc1.CC. The van der Waals surface area contributed by atoms with Gasteiger partial charge < -0.3 is 0 Å². The van der Waals surface area contributed by atoms with Gasteiger partial charge in [0.15, 0.2) is 0 Å². The van der Waals surface area contributed by atoms with E-state index >= 15 is 0 Å². The molecule has 1 rings (SSSR count). The first-order valence-corrected chi connectivity index (χ1v) is 4.36. The van der Waals surface area contributed by atoms with Crippen molar-refractivity contribution in [3.63, 3.8) is 0 Å². The summed E-state index contributed by atoms with van der Waals surface area (Å²) in [6.45, 7) is 5.81. The van der Waals surface area contributed by atoms with Gasteiger partial charge in [0.2, 0.25) is 0 Å². The fraction of sp³-hybridized carbons (Fsp3) is 0.231. The van der Waals surface area contributed by atoms with E-state index in [4.69, 9.17) is 6.42 Å². The van der Waals surface area contributed by atoms with Crippen LogP contribution in [0.5, 0.6) is 0 Å². The van der Waals surface area contributed by atoms with Gasteiger partial charge in [-0.25, -0.2) is 0 Å². The molecule has 0 heterocycles. The predicted molar refractivity (Wildman–Crippen MR) is 58.3 cm³/mol. The number of hydrogen-bond acceptors (Lipinski definition) is 0. The Morgan fingerprint density at radius 2 is 1.46 bits per heavy atom. The highest BCUT2D eigenvalue weighted by molar-refractivity contribution is 5.40. The molecule has 0 unspecified atom stereocenters. The molecule has 0 atom stereocenters. The van der Waals surface area contributed by atoms with Gasteiger partial charge in [0.05, 0.1) is 0 Å². The molecule has 1 aromatic carbocycles. The van der Waals surface area contributed by atoms with Crippen molar-refractivity contribution in [2.24, 2.45) is 0 Å². The molecule has 0 aliphatic carbocycles. The third-order valence-corrected chi connectivity index (χ3v) is 1.32. The van der Waals surface area contributed by atoms with Crippen molar-refractivity contribution >= 4 is 0 Å². The van der Waals surface area contributed by atoms with Crippen molar-refractivity contribution in [3.8, 4) is 24.2 Å². The van der Waals surface area contributed by atoms with E-state index in [0.717, 1.165) is 11.1 Å². The fourth-order valence-electron chi connectivity index (χ4n) is 0.794. The van der Waals surface area contributed by atoms with Crippen LogP contribution in [0.3, 0.4) is 0 Å². The van der Waals surface area contributed by atoms with E-state index in [-0.39, 0.29) is 0 Å². The molecule has 0 fully saturated rings. The Labute approximate surface area is 81.0 Å². The zero-order chi connectivity index (χ0) is 10.1. The lowest BCUT2D eigenvalue weighted by Gasteiger charge is -1.89. The second-order valence-corrected chi connectivity index (χ2v) is 2.10. The first kappa shape index (κ1) is 11.3. The summed E-state index contributed by atoms with van der Waals surface area (Å²) in [5.41, 5.74) is 1.90. The van der Waals surface area contributed by atoms with Gasteiger partial charge in [0, 0.05) is 11.1 Å². The van der Waals surface area contributed by atoms with Gasteiger partial charge in [-0.3, -0.25) is 0 Å². The molecule has 0 spiro atoms. The molecule has 0 saturated carbocycles. The highest BCUT2D eigenvalue weighted by Gasteiger charge is 1.85. The van der Waals surface area contributed by atoms with Crippen molar-refractivity contribution < 1.29 is 0 Å². The number of benzene rings is 1. The summed E-state index contributed by atoms with van der Waals surface area (Å²) in [5, 5.41) is 0. The van der Waals surface area contributed by atoms with Crippen molar-refractivity contribution in [2.45, 2.75) is 20.8 Å². The monoisotopic (exact) mass is 170 g/mol. The number of hydrogen-bond donors (Lipinski definition) is 0. The summed E-state index contributed by atoms with van der Waals surface area (Å²) in [7, 11) is 0. The third-order valence-electron chi connectivity index (χ3n) is 1.32. The van der Waals surface area contributed by atoms with E-state index in [1.54, 1.807) is 0 Å². The number of terminal acetylenes is 1. The van der Waals surface area contributed by atoms with E-state index in [2.05, 4.69) is 17.8 Å². The van der Waals surface area contributed by atoms with Crippen molar-refractivity contribution in [1.82, 2.24) is 0 Å². The quantitative estimate of drug-likeness (QED) is 0.525. The van der Waals surface area contributed by atoms with Crippen LogP contribution in [0.1, 0.15) is 31.9 Å². The molecule has 0 nitrogen and oxygen atoms in total. The van der Waals surface area contributed by atoms with Crippen LogP contribution in [0.2, 0.25) is 0 Å². The van der Waals surface area contributed by atoms with Gasteiger partial charge in [-0.2, -0.15) is 0 Å². The minimum Gasteiger partial charge on any atom is -0.115 e. The minimum absolute atomic E-state index is 0.895. The Balaban J connectivity index is 0.000000671. The van der Waals surface area contributed by atoms with E-state index in [9.17, 15) is 0 Å². The molecule has 13 heavy (non-hydrogen) atoms. The van der Waals surface area contributed by atoms with Crippen molar-refractivity contribution in [2.75, 3.05) is 0 Å². The molecule has 0 radical (unpaired) electrons. The second-order valence-electron chi connectivity index (χ2n) is 2.10.